The third-order valence-corrected chi connectivity index (χ3v) is 5.16. The lowest BCUT2D eigenvalue weighted by molar-refractivity contribution is 0.578. The molecule has 1 fully saturated rings. The van der Waals surface area contributed by atoms with E-state index in [0.717, 1.165) is 5.96 Å². The maximum absolute atomic E-state index is 12.0. The van der Waals surface area contributed by atoms with E-state index in [1.54, 1.807) is 37.4 Å². The Kier molecular flexibility index (Phi) is 6.21. The van der Waals surface area contributed by atoms with E-state index in [1.165, 1.54) is 25.7 Å². The van der Waals surface area contributed by atoms with E-state index in [1.807, 2.05) is 0 Å². The van der Waals surface area contributed by atoms with Crippen LogP contribution in [-0.4, -0.2) is 40.6 Å². The molecule has 0 bridgehead atoms. The number of sulfonamides is 1. The van der Waals surface area contributed by atoms with Crippen LogP contribution < -0.4 is 15.4 Å². The number of benzene rings is 1. The van der Waals surface area contributed by atoms with Crippen molar-refractivity contribution in [1.29, 1.82) is 0 Å². The van der Waals surface area contributed by atoms with Gasteiger partial charge in [-0.3, -0.25) is 4.99 Å². The minimum atomic E-state index is -3.44. The van der Waals surface area contributed by atoms with Crippen molar-refractivity contribution in [3.63, 3.8) is 0 Å². The highest BCUT2D eigenvalue weighted by molar-refractivity contribution is 7.89. The maximum Gasteiger partial charge on any atom is 0.240 e. The second-order valence-electron chi connectivity index (χ2n) is 5.34. The molecular formula is C15H24N4O2S. The van der Waals surface area contributed by atoms with Gasteiger partial charge in [-0.1, -0.05) is 31.0 Å². The summed E-state index contributed by atoms with van der Waals surface area (Å²) in [5, 5.41) is 6.49. The number of nitrogens with one attached hydrogen (secondary N) is 3. The Labute approximate surface area is 132 Å². The summed E-state index contributed by atoms with van der Waals surface area (Å²) in [5.74, 6) is 0.728. The van der Waals surface area contributed by atoms with Gasteiger partial charge in [-0.15, -0.1) is 0 Å². The largest absolute Gasteiger partial charge is 0.355 e. The van der Waals surface area contributed by atoms with Crippen LogP contribution in [0, 0.1) is 0 Å². The first-order valence-corrected chi connectivity index (χ1v) is 9.12. The molecule has 1 aliphatic rings. The fourth-order valence-electron chi connectivity index (χ4n) is 2.51. The van der Waals surface area contributed by atoms with Crippen molar-refractivity contribution in [2.24, 2.45) is 4.99 Å². The molecule has 1 aliphatic carbocycles. The van der Waals surface area contributed by atoms with Crippen LogP contribution in [0.25, 0.3) is 0 Å². The highest BCUT2D eigenvalue weighted by atomic mass is 32.2. The van der Waals surface area contributed by atoms with Crippen molar-refractivity contribution in [3.8, 4) is 0 Å². The number of nitrogens with zero attached hydrogens (tertiary/aromatic N) is 1. The lowest BCUT2D eigenvalue weighted by atomic mass is 10.2. The lowest BCUT2D eigenvalue weighted by Crippen LogP contribution is -2.44. The second kappa shape index (κ2) is 8.14. The summed E-state index contributed by atoms with van der Waals surface area (Å²) in [6.45, 7) is 0.793. The van der Waals surface area contributed by atoms with Crippen molar-refractivity contribution < 1.29 is 8.42 Å². The molecule has 0 atom stereocenters. The van der Waals surface area contributed by atoms with Gasteiger partial charge in [0.05, 0.1) is 4.90 Å². The fourth-order valence-corrected chi connectivity index (χ4v) is 3.56. The second-order valence-corrected chi connectivity index (χ2v) is 7.10. The third kappa shape index (κ3) is 4.99. The average molecular weight is 324 g/mol. The van der Waals surface area contributed by atoms with E-state index >= 15 is 0 Å². The minimum Gasteiger partial charge on any atom is -0.355 e. The molecule has 1 saturated carbocycles. The maximum atomic E-state index is 12.0. The molecule has 1 aromatic carbocycles. The monoisotopic (exact) mass is 324 g/mol. The van der Waals surface area contributed by atoms with Crippen LogP contribution in [0.15, 0.2) is 40.2 Å². The number of hydrogen-bond acceptors (Lipinski definition) is 3. The van der Waals surface area contributed by atoms with Crippen LogP contribution >= 0.6 is 0 Å². The Balaban J connectivity index is 1.74. The van der Waals surface area contributed by atoms with Crippen LogP contribution in [0.4, 0.5) is 0 Å². The molecule has 0 radical (unpaired) electrons. The summed E-state index contributed by atoms with van der Waals surface area (Å²) in [6, 6.07) is 8.85. The Morgan fingerprint density at radius 1 is 1.18 bits per heavy atom. The minimum absolute atomic E-state index is 0.281. The van der Waals surface area contributed by atoms with Gasteiger partial charge in [0.1, 0.15) is 0 Å². The van der Waals surface area contributed by atoms with Gasteiger partial charge in [-0.25, -0.2) is 13.1 Å². The highest BCUT2D eigenvalue weighted by Crippen LogP contribution is 2.17. The molecule has 0 aromatic heterocycles. The molecule has 0 amide bonds. The number of rotatable bonds is 6. The predicted octanol–water partition coefficient (Wildman–Crippen LogP) is 1.07. The van der Waals surface area contributed by atoms with Gasteiger partial charge in [-0.2, -0.15) is 0 Å². The molecular weight excluding hydrogens is 300 g/mol. The molecule has 2 rings (SSSR count). The van der Waals surface area contributed by atoms with Gasteiger partial charge in [0.15, 0.2) is 5.96 Å². The first-order chi connectivity index (χ1) is 10.6. The standard InChI is InChI=1S/C15H24N4O2S/c1-16-15(19-13-7-5-6-8-13)17-11-12-18-22(20,21)14-9-3-2-4-10-14/h2-4,9-10,13,18H,5-8,11-12H2,1H3,(H2,16,17,19). The Morgan fingerprint density at radius 2 is 1.86 bits per heavy atom. The molecule has 6 nitrogen and oxygen atoms in total. The molecule has 0 saturated heterocycles. The van der Waals surface area contributed by atoms with Crippen LogP contribution in [-0.2, 0) is 10.0 Å². The summed E-state index contributed by atoms with van der Waals surface area (Å²) in [5.41, 5.74) is 0. The summed E-state index contributed by atoms with van der Waals surface area (Å²) < 4.78 is 26.7. The first kappa shape index (κ1) is 16.8. The highest BCUT2D eigenvalue weighted by Gasteiger charge is 2.16. The van der Waals surface area contributed by atoms with E-state index in [0.29, 0.717) is 19.1 Å². The molecule has 0 aliphatic heterocycles. The van der Waals surface area contributed by atoms with Crippen LogP contribution in [0.1, 0.15) is 25.7 Å². The summed E-state index contributed by atoms with van der Waals surface area (Å²) in [7, 11) is -1.72. The van der Waals surface area contributed by atoms with Crippen molar-refractivity contribution in [2.75, 3.05) is 20.1 Å². The van der Waals surface area contributed by atoms with Gasteiger partial charge in [0.25, 0.3) is 0 Å². The quantitative estimate of drug-likeness (QED) is 0.415. The molecule has 1 aromatic rings. The van der Waals surface area contributed by atoms with Gasteiger partial charge >= 0.3 is 0 Å². The summed E-state index contributed by atoms with van der Waals surface area (Å²) in [4.78, 5) is 4.44. The zero-order valence-electron chi connectivity index (χ0n) is 12.9. The lowest BCUT2D eigenvalue weighted by Gasteiger charge is -2.17. The molecule has 0 unspecified atom stereocenters. The molecule has 22 heavy (non-hydrogen) atoms. The summed E-state index contributed by atoms with van der Waals surface area (Å²) in [6.07, 6.45) is 4.85. The molecule has 0 heterocycles. The van der Waals surface area contributed by atoms with Gasteiger partial charge in [0, 0.05) is 26.2 Å². The van der Waals surface area contributed by atoms with Gasteiger partial charge in [0.2, 0.25) is 10.0 Å². The van der Waals surface area contributed by atoms with Crippen molar-refractivity contribution >= 4 is 16.0 Å². The van der Waals surface area contributed by atoms with Crippen LogP contribution in [0.5, 0.6) is 0 Å². The van der Waals surface area contributed by atoms with E-state index in [4.69, 9.17) is 0 Å². The van der Waals surface area contributed by atoms with E-state index < -0.39 is 10.0 Å². The molecule has 0 spiro atoms. The average Bonchev–Trinajstić information content (AvgIpc) is 3.04. The Hall–Kier alpha value is -1.60. The zero-order chi connectivity index (χ0) is 15.8. The van der Waals surface area contributed by atoms with E-state index in [2.05, 4.69) is 20.3 Å². The Bertz CT molecular complexity index is 581. The van der Waals surface area contributed by atoms with Crippen LogP contribution in [0.3, 0.4) is 0 Å². The molecule has 3 N–H and O–H groups in total. The molecule has 122 valence electrons. The van der Waals surface area contributed by atoms with E-state index in [9.17, 15) is 8.42 Å². The molecule has 7 heteroatoms. The van der Waals surface area contributed by atoms with Gasteiger partial charge in [-0.05, 0) is 25.0 Å². The third-order valence-electron chi connectivity index (χ3n) is 3.68. The smallest absolute Gasteiger partial charge is 0.240 e. The van der Waals surface area contributed by atoms with E-state index in [-0.39, 0.29) is 4.90 Å². The van der Waals surface area contributed by atoms with Gasteiger partial charge < -0.3 is 10.6 Å². The van der Waals surface area contributed by atoms with Crippen molar-refractivity contribution in [1.82, 2.24) is 15.4 Å². The van der Waals surface area contributed by atoms with Crippen molar-refractivity contribution in [2.45, 2.75) is 36.6 Å². The SMILES string of the molecule is CN=C(NCCNS(=O)(=O)c1ccccc1)NC1CCCC1. The number of guanidine groups is 1. The topological polar surface area (TPSA) is 82.6 Å². The summed E-state index contributed by atoms with van der Waals surface area (Å²) >= 11 is 0. The van der Waals surface area contributed by atoms with Crippen LogP contribution in [0.2, 0.25) is 0 Å². The fraction of sp³-hybridized carbons (Fsp3) is 0.533. The Morgan fingerprint density at radius 3 is 2.50 bits per heavy atom. The first-order valence-electron chi connectivity index (χ1n) is 7.64. The van der Waals surface area contributed by atoms with Crippen molar-refractivity contribution in [3.05, 3.63) is 30.3 Å². The zero-order valence-corrected chi connectivity index (χ0v) is 13.7. The predicted molar refractivity (Wildman–Crippen MR) is 88.4 cm³/mol. The normalized spacial score (nSPS) is 16.7. The number of aliphatic imine (C=N–C) groups is 1. The number of hydrogen-bond donors (Lipinski definition) is 3.